The molecule has 4 rings (SSSR count). The van der Waals surface area contributed by atoms with Gasteiger partial charge in [-0.25, -0.2) is 15.0 Å². The van der Waals surface area contributed by atoms with Gasteiger partial charge in [0.25, 0.3) is 11.8 Å². The lowest BCUT2D eigenvalue weighted by atomic mass is 10.2. The average Bonchev–Trinajstić information content (AvgIpc) is 2.81. The van der Waals surface area contributed by atoms with Crippen molar-refractivity contribution in [2.45, 2.75) is 0 Å². The molecule has 3 N–H and O–H groups in total. The van der Waals surface area contributed by atoms with Gasteiger partial charge >= 0.3 is 0 Å². The molecule has 3 aromatic heterocycles. The maximum absolute atomic E-state index is 12.6. The highest BCUT2D eigenvalue weighted by molar-refractivity contribution is 6.06. The van der Waals surface area contributed by atoms with Gasteiger partial charge in [-0.05, 0) is 48.5 Å². The Balaban J connectivity index is 1.44. The fourth-order valence-corrected chi connectivity index (χ4v) is 2.67. The zero-order chi connectivity index (χ0) is 21.5. The molecule has 0 unspecified atom stereocenters. The van der Waals surface area contributed by atoms with E-state index in [-0.39, 0.29) is 17.5 Å². The van der Waals surface area contributed by atoms with Gasteiger partial charge in [-0.3, -0.25) is 14.6 Å². The second-order valence-electron chi connectivity index (χ2n) is 6.33. The molecule has 0 aliphatic carbocycles. The monoisotopic (exact) mass is 411 g/mol. The van der Waals surface area contributed by atoms with Gasteiger partial charge in [0.15, 0.2) is 0 Å². The lowest BCUT2D eigenvalue weighted by Crippen LogP contribution is -2.16. The van der Waals surface area contributed by atoms with E-state index in [0.29, 0.717) is 17.1 Å². The van der Waals surface area contributed by atoms with Crippen LogP contribution < -0.4 is 16.0 Å². The Hall–Kier alpha value is -4.66. The van der Waals surface area contributed by atoms with Crippen LogP contribution in [0.2, 0.25) is 0 Å². The quantitative estimate of drug-likeness (QED) is 0.444. The zero-order valence-corrected chi connectivity index (χ0v) is 16.2. The molecule has 0 bridgehead atoms. The molecule has 9 heteroatoms. The number of amides is 2. The van der Waals surface area contributed by atoms with Gasteiger partial charge in [0, 0.05) is 41.7 Å². The first kappa shape index (κ1) is 19.6. The molecule has 0 fully saturated rings. The van der Waals surface area contributed by atoms with E-state index in [1.54, 1.807) is 73.2 Å². The van der Waals surface area contributed by atoms with Crippen molar-refractivity contribution in [2.75, 3.05) is 16.0 Å². The molecule has 9 nitrogen and oxygen atoms in total. The first-order chi connectivity index (χ1) is 15.2. The van der Waals surface area contributed by atoms with Gasteiger partial charge in [-0.15, -0.1) is 0 Å². The number of carbonyl (C=O) groups excluding carboxylic acids is 2. The Morgan fingerprint density at radius 1 is 0.710 bits per heavy atom. The van der Waals surface area contributed by atoms with Crippen LogP contribution in [0.15, 0.2) is 85.5 Å². The van der Waals surface area contributed by atoms with Crippen LogP contribution >= 0.6 is 0 Å². The van der Waals surface area contributed by atoms with Crippen molar-refractivity contribution in [1.82, 2.24) is 19.9 Å². The van der Waals surface area contributed by atoms with Gasteiger partial charge in [-0.2, -0.15) is 0 Å². The predicted molar refractivity (Wildman–Crippen MR) is 116 cm³/mol. The summed E-state index contributed by atoms with van der Waals surface area (Å²) in [7, 11) is 0. The third kappa shape index (κ3) is 5.24. The fraction of sp³-hybridized carbons (Fsp3) is 0. The topological polar surface area (TPSA) is 122 Å². The van der Waals surface area contributed by atoms with Crippen molar-refractivity contribution >= 4 is 35.0 Å². The molecular weight excluding hydrogens is 394 g/mol. The molecule has 31 heavy (non-hydrogen) atoms. The number of rotatable bonds is 6. The van der Waals surface area contributed by atoms with E-state index in [1.807, 2.05) is 0 Å². The number of carbonyl (C=O) groups is 2. The van der Waals surface area contributed by atoms with Crippen LogP contribution in [-0.2, 0) is 0 Å². The summed E-state index contributed by atoms with van der Waals surface area (Å²) in [6.07, 6.45) is 6.35. The summed E-state index contributed by atoms with van der Waals surface area (Å²) in [6.45, 7) is 0. The smallest absolute Gasteiger partial charge is 0.274 e. The summed E-state index contributed by atoms with van der Waals surface area (Å²) in [5.41, 5.74) is 1.76. The molecule has 0 saturated carbocycles. The van der Waals surface area contributed by atoms with Crippen molar-refractivity contribution < 1.29 is 9.59 Å². The van der Waals surface area contributed by atoms with Gasteiger partial charge in [-0.1, -0.05) is 12.1 Å². The lowest BCUT2D eigenvalue weighted by molar-refractivity contribution is 0.101. The Kier molecular flexibility index (Phi) is 5.85. The summed E-state index contributed by atoms with van der Waals surface area (Å²) in [5, 5.41) is 8.46. The van der Waals surface area contributed by atoms with Crippen LogP contribution in [0.4, 0.5) is 23.1 Å². The molecule has 2 amide bonds. The van der Waals surface area contributed by atoms with Crippen molar-refractivity contribution in [3.63, 3.8) is 0 Å². The molecule has 152 valence electrons. The summed E-state index contributed by atoms with van der Waals surface area (Å²) in [4.78, 5) is 41.5. The highest BCUT2D eigenvalue weighted by Gasteiger charge is 2.12. The molecule has 0 atom stereocenters. The Morgan fingerprint density at radius 2 is 1.58 bits per heavy atom. The number of benzene rings is 1. The molecule has 3 heterocycles. The number of hydrogen-bond acceptors (Lipinski definition) is 7. The summed E-state index contributed by atoms with van der Waals surface area (Å²) in [5.74, 6) is -0.0392. The van der Waals surface area contributed by atoms with E-state index in [1.165, 1.54) is 12.3 Å². The Labute approximate surface area is 177 Å². The maximum atomic E-state index is 12.6. The van der Waals surface area contributed by atoms with Gasteiger partial charge < -0.3 is 16.0 Å². The van der Waals surface area contributed by atoms with Gasteiger partial charge in [0.1, 0.15) is 11.5 Å². The van der Waals surface area contributed by atoms with E-state index in [2.05, 4.69) is 35.9 Å². The molecule has 0 aliphatic heterocycles. The largest absolute Gasteiger partial charge is 0.324 e. The number of nitrogens with one attached hydrogen (secondary N) is 3. The number of aromatic nitrogens is 4. The van der Waals surface area contributed by atoms with Crippen LogP contribution in [0.25, 0.3) is 0 Å². The van der Waals surface area contributed by atoms with Crippen LogP contribution in [0.3, 0.4) is 0 Å². The highest BCUT2D eigenvalue weighted by atomic mass is 16.2. The van der Waals surface area contributed by atoms with E-state index in [0.717, 1.165) is 5.69 Å². The molecule has 1 aromatic carbocycles. The Morgan fingerprint density at radius 3 is 2.39 bits per heavy atom. The first-order valence-electron chi connectivity index (χ1n) is 9.31. The summed E-state index contributed by atoms with van der Waals surface area (Å²) < 4.78 is 0. The number of anilines is 4. The van der Waals surface area contributed by atoms with E-state index in [9.17, 15) is 9.59 Å². The van der Waals surface area contributed by atoms with Crippen molar-refractivity contribution in [2.24, 2.45) is 0 Å². The number of nitrogens with zero attached hydrogens (tertiary/aromatic N) is 4. The normalized spacial score (nSPS) is 10.2. The van der Waals surface area contributed by atoms with Gasteiger partial charge in [0.05, 0.1) is 0 Å². The lowest BCUT2D eigenvalue weighted by Gasteiger charge is -2.09. The van der Waals surface area contributed by atoms with Crippen LogP contribution in [-0.4, -0.2) is 31.8 Å². The van der Waals surface area contributed by atoms with Crippen molar-refractivity contribution in [3.05, 3.63) is 96.7 Å². The molecule has 0 spiro atoms. The minimum Gasteiger partial charge on any atom is -0.324 e. The van der Waals surface area contributed by atoms with Crippen LogP contribution in [0, 0.1) is 0 Å². The average molecular weight is 411 g/mol. The Bertz CT molecular complexity index is 1200. The minimum absolute atomic E-state index is 0.176. The molecule has 4 aromatic rings. The molecule has 0 saturated heterocycles. The number of hydrogen-bond donors (Lipinski definition) is 3. The van der Waals surface area contributed by atoms with Crippen molar-refractivity contribution in [1.29, 1.82) is 0 Å². The third-order valence-electron chi connectivity index (χ3n) is 4.11. The first-order valence-corrected chi connectivity index (χ1v) is 9.31. The zero-order valence-electron chi connectivity index (χ0n) is 16.2. The number of pyridine rings is 2. The summed E-state index contributed by atoms with van der Waals surface area (Å²) >= 11 is 0. The van der Waals surface area contributed by atoms with E-state index >= 15 is 0 Å². The second-order valence-corrected chi connectivity index (χ2v) is 6.33. The molecule has 0 radical (unpaired) electrons. The van der Waals surface area contributed by atoms with Crippen molar-refractivity contribution in [3.8, 4) is 0 Å². The van der Waals surface area contributed by atoms with Gasteiger partial charge in [0.2, 0.25) is 5.95 Å². The second kappa shape index (κ2) is 9.23. The minimum atomic E-state index is -0.428. The maximum Gasteiger partial charge on any atom is 0.274 e. The molecular formula is C22H17N7O2. The fourth-order valence-electron chi connectivity index (χ4n) is 2.67. The van der Waals surface area contributed by atoms with Crippen LogP contribution in [0.1, 0.15) is 20.8 Å². The third-order valence-corrected chi connectivity index (χ3v) is 4.11. The van der Waals surface area contributed by atoms with E-state index in [4.69, 9.17) is 0 Å². The van der Waals surface area contributed by atoms with E-state index < -0.39 is 5.91 Å². The van der Waals surface area contributed by atoms with Crippen LogP contribution in [0.5, 0.6) is 0 Å². The standard InChI is InChI=1S/C22H17N7O2/c30-20(29-19-6-1-2-10-24-19)15-4-3-5-17(14-15)26-21(31)18-9-13-25-22(28-18)27-16-7-11-23-12-8-16/h1-14H,(H,26,31)(H,24,29,30)(H,23,25,27,28). The highest BCUT2D eigenvalue weighted by Crippen LogP contribution is 2.15. The predicted octanol–water partition coefficient (Wildman–Crippen LogP) is 3.51. The SMILES string of the molecule is O=C(Nc1ccccn1)c1cccc(NC(=O)c2ccnc(Nc3ccncc3)n2)c1. The summed E-state index contributed by atoms with van der Waals surface area (Å²) in [6, 6.07) is 16.8. The molecule has 0 aliphatic rings.